The van der Waals surface area contributed by atoms with Crippen LogP contribution >= 0.6 is 0 Å². The lowest BCUT2D eigenvalue weighted by atomic mass is 10.3. The minimum Gasteiger partial charge on any atom is -0.462 e. The Hall–Kier alpha value is -0.650. The van der Waals surface area contributed by atoms with Crippen molar-refractivity contribution in [3.63, 3.8) is 0 Å². The minimum atomic E-state index is -0.219. The number of carbonyl (C=O) groups excluding carboxylic acids is 1. The highest BCUT2D eigenvalue weighted by atomic mass is 16.5. The highest BCUT2D eigenvalue weighted by Crippen LogP contribution is 2.04. The third kappa shape index (κ3) is 4.59. The summed E-state index contributed by atoms with van der Waals surface area (Å²) in [7, 11) is 0. The quantitative estimate of drug-likeness (QED) is 0.651. The van der Waals surface area contributed by atoms with Gasteiger partial charge in [-0.05, 0) is 13.8 Å². The van der Waals surface area contributed by atoms with E-state index >= 15 is 0 Å². The maximum Gasteiger partial charge on any atom is 0.320 e. The second-order valence-electron chi connectivity index (χ2n) is 3.95. The van der Waals surface area contributed by atoms with Crippen LogP contribution in [0.25, 0.3) is 0 Å². The molecule has 1 rings (SSSR count). The first-order valence-electron chi connectivity index (χ1n) is 5.26. The Morgan fingerprint density at radius 3 is 3.00 bits per heavy atom. The van der Waals surface area contributed by atoms with Crippen molar-refractivity contribution in [2.24, 2.45) is 0 Å². The molecule has 1 unspecified atom stereocenters. The smallest absolute Gasteiger partial charge is 0.320 e. The van der Waals surface area contributed by atoms with Gasteiger partial charge < -0.3 is 14.6 Å². The van der Waals surface area contributed by atoms with Gasteiger partial charge in [-0.15, -0.1) is 0 Å². The molecule has 0 amide bonds. The lowest BCUT2D eigenvalue weighted by Crippen LogP contribution is -2.46. The number of aliphatic hydroxyl groups excluding tert-OH is 1. The van der Waals surface area contributed by atoms with E-state index in [-0.39, 0.29) is 31.3 Å². The molecule has 0 radical (unpaired) electrons. The summed E-state index contributed by atoms with van der Waals surface area (Å²) in [6.07, 6.45) is -0.252. The second-order valence-corrected chi connectivity index (χ2v) is 3.95. The normalized spacial score (nSPS) is 23.1. The van der Waals surface area contributed by atoms with Gasteiger partial charge in [-0.1, -0.05) is 0 Å². The molecule has 0 aromatic heterocycles. The van der Waals surface area contributed by atoms with Crippen LogP contribution in [0.4, 0.5) is 0 Å². The first kappa shape index (κ1) is 12.4. The van der Waals surface area contributed by atoms with Gasteiger partial charge in [-0.3, -0.25) is 9.69 Å². The molecule has 1 saturated heterocycles. The number of rotatable bonds is 4. The summed E-state index contributed by atoms with van der Waals surface area (Å²) >= 11 is 0. The van der Waals surface area contributed by atoms with Crippen LogP contribution in [0.15, 0.2) is 0 Å². The van der Waals surface area contributed by atoms with Crippen molar-refractivity contribution in [2.45, 2.75) is 26.1 Å². The Kier molecular flexibility index (Phi) is 5.01. The first-order chi connectivity index (χ1) is 7.11. The summed E-state index contributed by atoms with van der Waals surface area (Å²) in [5.74, 6) is -0.219. The van der Waals surface area contributed by atoms with Crippen molar-refractivity contribution in [3.05, 3.63) is 0 Å². The maximum absolute atomic E-state index is 11.3. The van der Waals surface area contributed by atoms with Crippen molar-refractivity contribution >= 4 is 5.97 Å². The zero-order valence-corrected chi connectivity index (χ0v) is 9.31. The van der Waals surface area contributed by atoms with Crippen LogP contribution < -0.4 is 0 Å². The lowest BCUT2D eigenvalue weighted by molar-refractivity contribution is -0.151. The second kappa shape index (κ2) is 6.05. The molecule has 1 aliphatic heterocycles. The van der Waals surface area contributed by atoms with Crippen molar-refractivity contribution in [3.8, 4) is 0 Å². The molecule has 1 aliphatic rings. The molecular formula is C10H19NO4. The average Bonchev–Trinajstić information content (AvgIpc) is 2.16. The van der Waals surface area contributed by atoms with Crippen molar-refractivity contribution < 1.29 is 19.4 Å². The van der Waals surface area contributed by atoms with Crippen molar-refractivity contribution in [1.82, 2.24) is 4.90 Å². The number of esters is 1. The Morgan fingerprint density at radius 2 is 2.40 bits per heavy atom. The number of aliphatic hydroxyl groups is 1. The van der Waals surface area contributed by atoms with Crippen LogP contribution in [0.1, 0.15) is 13.8 Å². The maximum atomic E-state index is 11.3. The van der Waals surface area contributed by atoms with Gasteiger partial charge in [0.05, 0.1) is 32.0 Å². The summed E-state index contributed by atoms with van der Waals surface area (Å²) in [6, 6.07) is 0. The molecule has 0 saturated carbocycles. The van der Waals surface area contributed by atoms with Gasteiger partial charge >= 0.3 is 5.97 Å². The number of carbonyl (C=O) groups is 1. The van der Waals surface area contributed by atoms with Gasteiger partial charge in [-0.25, -0.2) is 0 Å². The Bertz CT molecular complexity index is 208. The summed E-state index contributed by atoms with van der Waals surface area (Å²) < 4.78 is 10.3. The zero-order chi connectivity index (χ0) is 11.3. The number of ether oxygens (including phenoxy) is 2. The molecule has 5 heteroatoms. The van der Waals surface area contributed by atoms with Gasteiger partial charge in [-0.2, -0.15) is 0 Å². The molecule has 88 valence electrons. The number of morpholine rings is 1. The van der Waals surface area contributed by atoms with E-state index in [1.54, 1.807) is 0 Å². The molecule has 1 fully saturated rings. The Morgan fingerprint density at radius 1 is 1.67 bits per heavy atom. The predicted octanol–water partition coefficient (Wildman–Crippen LogP) is -0.369. The van der Waals surface area contributed by atoms with E-state index in [2.05, 4.69) is 0 Å². The molecule has 1 heterocycles. The average molecular weight is 217 g/mol. The van der Waals surface area contributed by atoms with Crippen LogP contribution in [0, 0.1) is 0 Å². The van der Waals surface area contributed by atoms with Crippen LogP contribution in [0.3, 0.4) is 0 Å². The van der Waals surface area contributed by atoms with E-state index in [9.17, 15) is 4.79 Å². The number of hydrogen-bond donors (Lipinski definition) is 1. The summed E-state index contributed by atoms with van der Waals surface area (Å²) in [5.41, 5.74) is 0. The Balaban J connectivity index is 2.28. The summed E-state index contributed by atoms with van der Waals surface area (Å²) in [6.45, 7) is 5.78. The van der Waals surface area contributed by atoms with Gasteiger partial charge in [0.2, 0.25) is 0 Å². The molecule has 1 N–H and O–H groups in total. The standard InChI is InChI=1S/C10H19NO4/c1-8(2)15-10(13)6-11-3-4-14-9(5-11)7-12/h8-9,12H,3-7H2,1-2H3. The fourth-order valence-electron chi connectivity index (χ4n) is 1.52. The monoisotopic (exact) mass is 217 g/mol. The SMILES string of the molecule is CC(C)OC(=O)CN1CCOC(CO)C1. The van der Waals surface area contributed by atoms with E-state index in [1.807, 2.05) is 18.7 Å². The van der Waals surface area contributed by atoms with E-state index in [0.717, 1.165) is 0 Å². The number of hydrogen-bond acceptors (Lipinski definition) is 5. The van der Waals surface area contributed by atoms with E-state index < -0.39 is 0 Å². The Labute approximate surface area is 90.0 Å². The van der Waals surface area contributed by atoms with Gasteiger partial charge in [0.15, 0.2) is 0 Å². The van der Waals surface area contributed by atoms with Gasteiger partial charge in [0.25, 0.3) is 0 Å². The molecule has 0 bridgehead atoms. The van der Waals surface area contributed by atoms with Crippen molar-refractivity contribution in [1.29, 1.82) is 0 Å². The highest BCUT2D eigenvalue weighted by molar-refractivity contribution is 5.71. The van der Waals surface area contributed by atoms with Gasteiger partial charge in [0, 0.05) is 13.1 Å². The number of nitrogens with zero attached hydrogens (tertiary/aromatic N) is 1. The minimum absolute atomic E-state index is 0.00424. The van der Waals surface area contributed by atoms with Crippen LogP contribution in [0.2, 0.25) is 0 Å². The van der Waals surface area contributed by atoms with Crippen molar-refractivity contribution in [2.75, 3.05) is 32.8 Å². The lowest BCUT2D eigenvalue weighted by Gasteiger charge is -2.31. The molecule has 0 aliphatic carbocycles. The molecule has 5 nitrogen and oxygen atoms in total. The van der Waals surface area contributed by atoms with Gasteiger partial charge in [0.1, 0.15) is 0 Å². The summed E-state index contributed by atoms with van der Waals surface area (Å²) in [5, 5.41) is 8.92. The molecule has 0 spiro atoms. The van der Waals surface area contributed by atoms with E-state index in [1.165, 1.54) is 0 Å². The first-order valence-corrected chi connectivity index (χ1v) is 5.26. The van der Waals surface area contributed by atoms with Crippen LogP contribution in [-0.2, 0) is 14.3 Å². The van der Waals surface area contributed by atoms with Crippen LogP contribution in [0.5, 0.6) is 0 Å². The summed E-state index contributed by atoms with van der Waals surface area (Å²) in [4.78, 5) is 13.3. The molecule has 15 heavy (non-hydrogen) atoms. The molecule has 0 aromatic carbocycles. The topological polar surface area (TPSA) is 59.0 Å². The largest absolute Gasteiger partial charge is 0.462 e. The van der Waals surface area contributed by atoms with E-state index in [4.69, 9.17) is 14.6 Å². The molecule has 0 aromatic rings. The third-order valence-electron chi connectivity index (χ3n) is 2.15. The molecule has 1 atom stereocenters. The fraction of sp³-hybridized carbons (Fsp3) is 0.900. The molecular weight excluding hydrogens is 198 g/mol. The fourth-order valence-corrected chi connectivity index (χ4v) is 1.52. The third-order valence-corrected chi connectivity index (χ3v) is 2.15. The van der Waals surface area contributed by atoms with Crippen LogP contribution in [-0.4, -0.2) is 61.0 Å². The van der Waals surface area contributed by atoms with E-state index in [0.29, 0.717) is 19.7 Å². The predicted molar refractivity (Wildman–Crippen MR) is 54.5 cm³/mol. The highest BCUT2D eigenvalue weighted by Gasteiger charge is 2.22. The zero-order valence-electron chi connectivity index (χ0n) is 9.31.